The fourth-order valence-corrected chi connectivity index (χ4v) is 5.51. The molecule has 7 nitrogen and oxygen atoms in total. The van der Waals surface area contributed by atoms with Crippen LogP contribution in [-0.2, 0) is 19.6 Å². The molecule has 2 heterocycles. The maximum atomic E-state index is 13.2. The molecule has 0 aromatic heterocycles. The van der Waals surface area contributed by atoms with Crippen molar-refractivity contribution in [1.29, 1.82) is 0 Å². The van der Waals surface area contributed by atoms with Gasteiger partial charge in [-0.05, 0) is 31.9 Å². The van der Waals surface area contributed by atoms with Gasteiger partial charge in [-0.25, -0.2) is 8.42 Å². The van der Waals surface area contributed by atoms with Crippen molar-refractivity contribution in [3.05, 3.63) is 24.3 Å². The van der Waals surface area contributed by atoms with Crippen molar-refractivity contribution in [2.45, 2.75) is 38.0 Å². The van der Waals surface area contributed by atoms with Gasteiger partial charge in [0.25, 0.3) is 0 Å². The second-order valence-electron chi connectivity index (χ2n) is 7.44. The van der Waals surface area contributed by atoms with Crippen molar-refractivity contribution in [1.82, 2.24) is 9.21 Å². The maximum absolute atomic E-state index is 13.2. The zero-order chi connectivity index (χ0) is 19.7. The minimum atomic E-state index is -3.84. The van der Waals surface area contributed by atoms with Crippen LogP contribution >= 0.6 is 0 Å². The highest BCUT2D eigenvalue weighted by molar-refractivity contribution is 7.89. The summed E-state index contributed by atoms with van der Waals surface area (Å²) < 4.78 is 33.6. The zero-order valence-corrected chi connectivity index (χ0v) is 16.6. The molecular weight excluding hydrogens is 368 g/mol. The molecule has 1 saturated heterocycles. The van der Waals surface area contributed by atoms with E-state index in [9.17, 15) is 18.0 Å². The topological polar surface area (TPSA) is 84.0 Å². The number of carbonyl (C=O) groups excluding carboxylic acids is 2. The average molecular weight is 394 g/mol. The molecule has 0 bridgehead atoms. The number of sulfonamides is 1. The van der Waals surface area contributed by atoms with Gasteiger partial charge in [-0.3, -0.25) is 9.59 Å². The largest absolute Gasteiger partial charge is 0.492 e. The van der Waals surface area contributed by atoms with Crippen LogP contribution in [0.15, 0.2) is 29.2 Å². The molecule has 0 N–H and O–H groups in total. The van der Waals surface area contributed by atoms with Crippen molar-refractivity contribution in [3.8, 4) is 5.75 Å². The molecule has 1 aromatic carbocycles. The van der Waals surface area contributed by atoms with Crippen molar-refractivity contribution >= 4 is 21.7 Å². The summed E-state index contributed by atoms with van der Waals surface area (Å²) in [6.45, 7) is 4.81. The van der Waals surface area contributed by atoms with Crippen LogP contribution in [0.2, 0.25) is 0 Å². The zero-order valence-electron chi connectivity index (χ0n) is 15.8. The molecule has 0 saturated carbocycles. The van der Waals surface area contributed by atoms with E-state index in [0.717, 1.165) is 0 Å². The Hall–Kier alpha value is -1.93. The third-order valence-corrected chi connectivity index (χ3v) is 7.22. The van der Waals surface area contributed by atoms with E-state index in [1.807, 2.05) is 11.8 Å². The first-order valence-electron chi connectivity index (χ1n) is 9.27. The molecule has 27 heavy (non-hydrogen) atoms. The number of ketones is 1. The average Bonchev–Trinajstić information content (AvgIpc) is 2.65. The lowest BCUT2D eigenvalue weighted by Gasteiger charge is -2.44. The van der Waals surface area contributed by atoms with E-state index < -0.39 is 15.4 Å². The number of fused-ring (bicyclic) bond motifs is 1. The normalized spacial score (nSPS) is 21.6. The standard InChI is InChI=1S/C19H26N2O5S/c1-3-18(23)20-10-8-19(9-11-20)13-21(12-15(2)22)27(24,25)17-7-5-4-6-16(17)26-14-19/h4-7H,3,8-14H2,1-2H3. The van der Waals surface area contributed by atoms with E-state index in [1.54, 1.807) is 18.2 Å². The number of nitrogens with zero attached hydrogens (tertiary/aromatic N) is 2. The lowest BCUT2D eigenvalue weighted by atomic mass is 9.78. The minimum absolute atomic E-state index is 0.0969. The number of rotatable bonds is 3. The molecule has 0 unspecified atom stereocenters. The summed E-state index contributed by atoms with van der Waals surface area (Å²) in [6.07, 6.45) is 1.75. The fourth-order valence-electron chi connectivity index (χ4n) is 3.80. The molecule has 2 aliphatic rings. The van der Waals surface area contributed by atoms with Gasteiger partial charge in [0.05, 0.1) is 13.2 Å². The lowest BCUT2D eigenvalue weighted by Crippen LogP contribution is -2.53. The predicted octanol–water partition coefficient (Wildman–Crippen LogP) is 1.68. The number of hydrogen-bond donors (Lipinski definition) is 0. The summed E-state index contributed by atoms with van der Waals surface area (Å²) in [6, 6.07) is 6.55. The van der Waals surface area contributed by atoms with Gasteiger partial charge in [0.15, 0.2) is 0 Å². The highest BCUT2D eigenvalue weighted by Crippen LogP contribution is 2.39. The predicted molar refractivity (Wildman–Crippen MR) is 99.9 cm³/mol. The van der Waals surface area contributed by atoms with Crippen molar-refractivity contribution in [3.63, 3.8) is 0 Å². The Balaban J connectivity index is 1.94. The third-order valence-electron chi connectivity index (χ3n) is 5.39. The molecule has 8 heteroatoms. The second-order valence-corrected chi connectivity index (χ2v) is 9.35. The first-order chi connectivity index (χ1) is 12.8. The van der Waals surface area contributed by atoms with Gasteiger partial charge < -0.3 is 9.64 Å². The number of likely N-dealkylation sites (tertiary alicyclic amines) is 1. The highest BCUT2D eigenvalue weighted by Gasteiger charge is 2.43. The van der Waals surface area contributed by atoms with Crippen molar-refractivity contribution in [2.75, 3.05) is 32.8 Å². The van der Waals surface area contributed by atoms with Crippen LogP contribution in [0.1, 0.15) is 33.1 Å². The number of hydrogen-bond acceptors (Lipinski definition) is 5. The first kappa shape index (κ1) is 19.8. The number of benzene rings is 1. The van der Waals surface area contributed by atoms with Crippen LogP contribution in [0.3, 0.4) is 0 Å². The SMILES string of the molecule is CCC(=O)N1CCC2(CC1)COc1ccccc1S(=O)(=O)N(CC(C)=O)C2. The minimum Gasteiger partial charge on any atom is -0.492 e. The fraction of sp³-hybridized carbons (Fsp3) is 0.579. The van der Waals surface area contributed by atoms with Crippen molar-refractivity contribution < 1.29 is 22.7 Å². The molecule has 1 aromatic rings. The number of carbonyl (C=O) groups is 2. The molecule has 2 aliphatic heterocycles. The quantitative estimate of drug-likeness (QED) is 0.779. The van der Waals surface area contributed by atoms with E-state index in [1.165, 1.54) is 17.3 Å². The van der Waals surface area contributed by atoms with Crippen LogP contribution in [0.25, 0.3) is 0 Å². The van der Waals surface area contributed by atoms with Gasteiger partial charge >= 0.3 is 0 Å². The third kappa shape index (κ3) is 4.01. The molecule has 0 atom stereocenters. The monoisotopic (exact) mass is 394 g/mol. The Morgan fingerprint density at radius 3 is 2.48 bits per heavy atom. The van der Waals surface area contributed by atoms with E-state index in [-0.39, 0.29) is 29.7 Å². The van der Waals surface area contributed by atoms with Gasteiger partial charge in [-0.2, -0.15) is 4.31 Å². The van der Waals surface area contributed by atoms with Crippen molar-refractivity contribution in [2.24, 2.45) is 5.41 Å². The van der Waals surface area contributed by atoms with Crippen LogP contribution in [-0.4, -0.2) is 62.1 Å². The molecule has 0 aliphatic carbocycles. The van der Waals surface area contributed by atoms with Crippen LogP contribution in [0.5, 0.6) is 5.75 Å². The Morgan fingerprint density at radius 1 is 1.19 bits per heavy atom. The Morgan fingerprint density at radius 2 is 1.85 bits per heavy atom. The van der Waals surface area contributed by atoms with Gasteiger partial charge in [0, 0.05) is 31.5 Å². The van der Waals surface area contributed by atoms with E-state index >= 15 is 0 Å². The number of piperidine rings is 1. The second kappa shape index (κ2) is 7.59. The lowest BCUT2D eigenvalue weighted by molar-refractivity contribution is -0.133. The van der Waals surface area contributed by atoms with Crippen LogP contribution in [0.4, 0.5) is 0 Å². The summed E-state index contributed by atoms with van der Waals surface area (Å²) in [5.41, 5.74) is -0.416. The van der Waals surface area contributed by atoms with Crippen LogP contribution < -0.4 is 4.74 Å². The molecular formula is C19H26N2O5S. The molecule has 3 rings (SSSR count). The Kier molecular flexibility index (Phi) is 5.58. The highest BCUT2D eigenvalue weighted by atomic mass is 32.2. The molecule has 1 amide bonds. The summed E-state index contributed by atoms with van der Waals surface area (Å²) in [5.74, 6) is 0.221. The Bertz CT molecular complexity index is 828. The summed E-state index contributed by atoms with van der Waals surface area (Å²) in [4.78, 5) is 25.7. The first-order valence-corrected chi connectivity index (χ1v) is 10.7. The Labute approximate surface area is 160 Å². The molecule has 1 fully saturated rings. The van der Waals surface area contributed by atoms with Crippen LogP contribution in [0, 0.1) is 5.41 Å². The number of ether oxygens (including phenoxy) is 1. The van der Waals surface area contributed by atoms with Gasteiger partial charge in [0.1, 0.15) is 16.4 Å². The molecule has 1 spiro atoms. The summed E-state index contributed by atoms with van der Waals surface area (Å²) in [5, 5.41) is 0. The molecule has 0 radical (unpaired) electrons. The summed E-state index contributed by atoms with van der Waals surface area (Å²) in [7, 11) is -3.84. The van der Waals surface area contributed by atoms with Gasteiger partial charge in [0.2, 0.25) is 15.9 Å². The number of para-hydroxylation sites is 1. The van der Waals surface area contributed by atoms with Gasteiger partial charge in [-0.1, -0.05) is 19.1 Å². The summed E-state index contributed by atoms with van der Waals surface area (Å²) >= 11 is 0. The van der Waals surface area contributed by atoms with E-state index in [2.05, 4.69) is 0 Å². The number of Topliss-reactive ketones (excluding diaryl/α,β-unsaturated/α-hetero) is 1. The van der Waals surface area contributed by atoms with E-state index in [4.69, 9.17) is 4.74 Å². The van der Waals surface area contributed by atoms with Gasteiger partial charge in [-0.15, -0.1) is 0 Å². The number of amides is 1. The molecule has 148 valence electrons. The maximum Gasteiger partial charge on any atom is 0.247 e. The smallest absolute Gasteiger partial charge is 0.247 e. The van der Waals surface area contributed by atoms with E-state index in [0.29, 0.717) is 44.7 Å².